The molecule has 0 aliphatic heterocycles. The first-order chi connectivity index (χ1) is 10.3. The van der Waals surface area contributed by atoms with Gasteiger partial charge in [0.2, 0.25) is 5.13 Å². The van der Waals surface area contributed by atoms with Crippen LogP contribution in [0.3, 0.4) is 0 Å². The van der Waals surface area contributed by atoms with E-state index in [9.17, 15) is 5.26 Å². The van der Waals surface area contributed by atoms with Crippen LogP contribution in [-0.4, -0.2) is 20.0 Å². The lowest BCUT2D eigenvalue weighted by Crippen LogP contribution is -2.10. The van der Waals surface area contributed by atoms with Crippen LogP contribution in [0.4, 0.5) is 0 Å². The van der Waals surface area contributed by atoms with E-state index in [1.165, 1.54) is 32.1 Å². The molecule has 0 unspecified atom stereocenters. The van der Waals surface area contributed by atoms with Gasteiger partial charge in [0, 0.05) is 5.38 Å². The van der Waals surface area contributed by atoms with Gasteiger partial charge in [-0.15, -0.1) is 16.4 Å². The lowest BCUT2D eigenvalue weighted by molar-refractivity contribution is 0.337. The van der Waals surface area contributed by atoms with Gasteiger partial charge in [-0.2, -0.15) is 9.94 Å². The van der Waals surface area contributed by atoms with Gasteiger partial charge < -0.3 is 0 Å². The summed E-state index contributed by atoms with van der Waals surface area (Å²) in [4.78, 5) is 4.45. The number of hydrogen-bond acceptors (Lipinski definition) is 5. The summed E-state index contributed by atoms with van der Waals surface area (Å²) in [7, 11) is 0. The van der Waals surface area contributed by atoms with E-state index in [1.807, 2.05) is 12.3 Å². The minimum absolute atomic E-state index is 0.443. The molecule has 110 valence electrons. The van der Waals surface area contributed by atoms with Gasteiger partial charge in [-0.25, -0.2) is 4.98 Å². The second-order valence-corrected chi connectivity index (χ2v) is 6.56. The van der Waals surface area contributed by atoms with Crippen LogP contribution in [0.15, 0.2) is 5.38 Å². The van der Waals surface area contributed by atoms with Gasteiger partial charge in [0.25, 0.3) is 0 Å². The van der Waals surface area contributed by atoms with Crippen LogP contribution >= 0.6 is 11.3 Å². The van der Waals surface area contributed by atoms with Crippen molar-refractivity contribution in [2.75, 3.05) is 0 Å². The number of rotatable bonds is 4. The first-order valence-electron chi connectivity index (χ1n) is 7.55. The van der Waals surface area contributed by atoms with Crippen LogP contribution in [0, 0.1) is 24.2 Å². The SMILES string of the molecule is Cc1csc(-n2nnc(C#N)c2CCC2CCCCC2)n1. The molecule has 3 rings (SSSR count). The van der Waals surface area contributed by atoms with Gasteiger partial charge in [-0.3, -0.25) is 0 Å². The van der Waals surface area contributed by atoms with Gasteiger partial charge in [0.05, 0.1) is 11.4 Å². The molecule has 6 heteroatoms. The number of aryl methyl sites for hydroxylation is 1. The van der Waals surface area contributed by atoms with E-state index in [0.717, 1.165) is 35.3 Å². The van der Waals surface area contributed by atoms with E-state index in [-0.39, 0.29) is 0 Å². The normalized spacial score (nSPS) is 16.0. The summed E-state index contributed by atoms with van der Waals surface area (Å²) in [6.07, 6.45) is 8.68. The van der Waals surface area contributed by atoms with Crippen LogP contribution in [0.25, 0.3) is 5.13 Å². The van der Waals surface area contributed by atoms with Crippen LogP contribution < -0.4 is 0 Å². The third kappa shape index (κ3) is 3.13. The highest BCUT2D eigenvalue weighted by Gasteiger charge is 2.19. The Morgan fingerprint density at radius 3 is 2.86 bits per heavy atom. The second kappa shape index (κ2) is 6.35. The van der Waals surface area contributed by atoms with Crippen molar-refractivity contribution in [2.24, 2.45) is 5.92 Å². The molecule has 0 radical (unpaired) electrons. The van der Waals surface area contributed by atoms with Gasteiger partial charge in [-0.05, 0) is 25.7 Å². The standard InChI is InChI=1S/C15H19N5S/c1-11-10-21-15(17-11)20-14(13(9-16)18-19-20)8-7-12-5-3-2-4-6-12/h10,12H,2-8H2,1H3. The Balaban J connectivity index is 1.79. The van der Waals surface area contributed by atoms with Crippen LogP contribution in [0.5, 0.6) is 0 Å². The summed E-state index contributed by atoms with van der Waals surface area (Å²) in [5, 5.41) is 20.2. The summed E-state index contributed by atoms with van der Waals surface area (Å²) in [5.74, 6) is 0.784. The molecular weight excluding hydrogens is 282 g/mol. The molecule has 1 aliphatic carbocycles. The highest BCUT2D eigenvalue weighted by molar-refractivity contribution is 7.12. The van der Waals surface area contributed by atoms with Crippen molar-refractivity contribution < 1.29 is 0 Å². The smallest absolute Gasteiger partial charge is 0.212 e. The Kier molecular flexibility index (Phi) is 4.30. The van der Waals surface area contributed by atoms with E-state index in [1.54, 1.807) is 16.0 Å². The molecule has 0 amide bonds. The van der Waals surface area contributed by atoms with Crippen LogP contribution in [0.2, 0.25) is 0 Å². The average molecular weight is 301 g/mol. The largest absolute Gasteiger partial charge is 0.224 e. The molecule has 2 heterocycles. The maximum absolute atomic E-state index is 9.24. The van der Waals surface area contributed by atoms with Crippen molar-refractivity contribution in [3.63, 3.8) is 0 Å². The first kappa shape index (κ1) is 14.2. The van der Waals surface area contributed by atoms with E-state index in [0.29, 0.717) is 5.69 Å². The lowest BCUT2D eigenvalue weighted by Gasteiger charge is -2.21. The summed E-state index contributed by atoms with van der Waals surface area (Å²) < 4.78 is 1.75. The molecule has 0 N–H and O–H groups in total. The highest BCUT2D eigenvalue weighted by atomic mass is 32.1. The predicted molar refractivity (Wildman–Crippen MR) is 81.4 cm³/mol. The molecule has 1 saturated carbocycles. The van der Waals surface area contributed by atoms with Gasteiger partial charge in [0.15, 0.2) is 5.69 Å². The number of hydrogen-bond donors (Lipinski definition) is 0. The summed E-state index contributed by atoms with van der Waals surface area (Å²) in [6.45, 7) is 1.96. The fourth-order valence-corrected chi connectivity index (χ4v) is 3.79. The number of nitriles is 1. The van der Waals surface area contributed by atoms with Crippen molar-refractivity contribution in [1.29, 1.82) is 5.26 Å². The van der Waals surface area contributed by atoms with Gasteiger partial charge >= 0.3 is 0 Å². The highest BCUT2D eigenvalue weighted by Crippen LogP contribution is 2.28. The minimum atomic E-state index is 0.443. The Morgan fingerprint density at radius 2 is 2.19 bits per heavy atom. The predicted octanol–water partition coefficient (Wildman–Crippen LogP) is 3.42. The Labute approximate surface area is 128 Å². The number of thiazole rings is 1. The Hall–Kier alpha value is -1.74. The topological polar surface area (TPSA) is 67.4 Å². The fourth-order valence-electron chi connectivity index (χ4n) is 3.02. The maximum atomic E-state index is 9.24. The summed E-state index contributed by atoms with van der Waals surface area (Å²) in [5.41, 5.74) is 2.33. The zero-order chi connectivity index (χ0) is 14.7. The molecule has 2 aromatic heterocycles. The van der Waals surface area contributed by atoms with Crippen molar-refractivity contribution in [1.82, 2.24) is 20.0 Å². The second-order valence-electron chi connectivity index (χ2n) is 5.72. The first-order valence-corrected chi connectivity index (χ1v) is 8.43. The molecule has 0 saturated heterocycles. The monoisotopic (exact) mass is 301 g/mol. The van der Waals surface area contributed by atoms with E-state index in [4.69, 9.17) is 0 Å². The molecule has 1 aliphatic rings. The Bertz CT molecular complexity index is 645. The van der Waals surface area contributed by atoms with E-state index in [2.05, 4.69) is 21.4 Å². The van der Waals surface area contributed by atoms with Crippen LogP contribution in [-0.2, 0) is 6.42 Å². The molecule has 0 aromatic carbocycles. The third-order valence-electron chi connectivity index (χ3n) is 4.17. The quantitative estimate of drug-likeness (QED) is 0.867. The maximum Gasteiger partial charge on any atom is 0.212 e. The molecular formula is C15H19N5S. The van der Waals surface area contributed by atoms with Crippen molar-refractivity contribution >= 4 is 11.3 Å². The Morgan fingerprint density at radius 1 is 1.38 bits per heavy atom. The van der Waals surface area contributed by atoms with Gasteiger partial charge in [0.1, 0.15) is 6.07 Å². The third-order valence-corrected chi connectivity index (χ3v) is 5.11. The summed E-state index contributed by atoms with van der Waals surface area (Å²) in [6, 6.07) is 2.16. The van der Waals surface area contributed by atoms with Crippen molar-refractivity contribution in [3.8, 4) is 11.2 Å². The van der Waals surface area contributed by atoms with E-state index >= 15 is 0 Å². The average Bonchev–Trinajstić information content (AvgIpc) is 3.11. The van der Waals surface area contributed by atoms with E-state index < -0.39 is 0 Å². The molecule has 5 nitrogen and oxygen atoms in total. The molecule has 1 fully saturated rings. The molecule has 0 spiro atoms. The molecule has 21 heavy (non-hydrogen) atoms. The molecule has 0 bridgehead atoms. The summed E-state index contributed by atoms with van der Waals surface area (Å²) >= 11 is 1.54. The lowest BCUT2D eigenvalue weighted by atomic mass is 9.85. The molecule has 2 aromatic rings. The van der Waals surface area contributed by atoms with Gasteiger partial charge in [-0.1, -0.05) is 37.3 Å². The fraction of sp³-hybridized carbons (Fsp3) is 0.600. The molecule has 0 atom stereocenters. The van der Waals surface area contributed by atoms with Crippen molar-refractivity contribution in [2.45, 2.75) is 51.9 Å². The van der Waals surface area contributed by atoms with Crippen molar-refractivity contribution in [3.05, 3.63) is 22.5 Å². The zero-order valence-electron chi connectivity index (χ0n) is 12.2. The number of nitrogens with zero attached hydrogens (tertiary/aromatic N) is 5. The number of aromatic nitrogens is 4. The van der Waals surface area contributed by atoms with Crippen LogP contribution in [0.1, 0.15) is 55.6 Å². The zero-order valence-corrected chi connectivity index (χ0v) is 13.1. The minimum Gasteiger partial charge on any atom is -0.224 e.